The first-order valence-corrected chi connectivity index (χ1v) is 8.01. The van der Waals surface area contributed by atoms with Crippen LogP contribution < -0.4 is 0 Å². The highest BCUT2D eigenvalue weighted by molar-refractivity contribution is 7.92. The first-order chi connectivity index (χ1) is 9.23. The molecular weight excluding hydrogens is 293 g/mol. The Kier molecular flexibility index (Phi) is 4.11. The number of rotatable bonds is 2. The molecule has 3 nitrogen and oxygen atoms in total. The molecule has 1 aromatic rings. The van der Waals surface area contributed by atoms with Gasteiger partial charge in [0.05, 0.1) is 22.7 Å². The van der Waals surface area contributed by atoms with Crippen LogP contribution in [0.25, 0.3) is 0 Å². The summed E-state index contributed by atoms with van der Waals surface area (Å²) in [5, 5.41) is 8.99. The summed E-state index contributed by atoms with van der Waals surface area (Å²) in [6, 6.07) is 4.57. The topological polar surface area (TPSA) is 54.4 Å². The predicted molar refractivity (Wildman–Crippen MR) is 67.8 cm³/mol. The highest BCUT2D eigenvalue weighted by Crippen LogP contribution is 2.38. The Bertz CT molecular complexity index is 581. The van der Waals surface area contributed by atoms with Gasteiger partial charge >= 0.3 is 6.18 Å². The molecule has 0 radical (unpaired) electrons. The minimum absolute atomic E-state index is 0.0804. The Balaban J connectivity index is 2.41. The second kappa shape index (κ2) is 5.37. The van der Waals surface area contributed by atoms with Crippen molar-refractivity contribution in [1.82, 2.24) is 0 Å². The van der Waals surface area contributed by atoms with Crippen molar-refractivity contribution in [2.45, 2.75) is 36.8 Å². The van der Waals surface area contributed by atoms with Gasteiger partial charge in [0.1, 0.15) is 0 Å². The fourth-order valence-electron chi connectivity index (χ4n) is 2.55. The molecule has 2 unspecified atom stereocenters. The number of aliphatic hydroxyl groups is 1. The third kappa shape index (κ3) is 2.98. The van der Waals surface area contributed by atoms with E-state index >= 15 is 0 Å². The quantitative estimate of drug-likeness (QED) is 0.914. The summed E-state index contributed by atoms with van der Waals surface area (Å²) in [6.45, 7) is 0. The van der Waals surface area contributed by atoms with Gasteiger partial charge in [0.25, 0.3) is 0 Å². The average molecular weight is 308 g/mol. The third-order valence-corrected chi connectivity index (χ3v) is 5.84. The van der Waals surface area contributed by atoms with Gasteiger partial charge < -0.3 is 5.11 Å². The lowest BCUT2D eigenvalue weighted by atomic mass is 9.97. The smallest absolute Gasteiger partial charge is 0.387 e. The van der Waals surface area contributed by atoms with Gasteiger partial charge in [-0.3, -0.25) is 0 Å². The number of hydrogen-bond donors (Lipinski definition) is 1. The molecule has 1 fully saturated rings. The van der Waals surface area contributed by atoms with Crippen LogP contribution in [-0.2, 0) is 16.0 Å². The maximum atomic E-state index is 12.9. The predicted octanol–water partition coefficient (Wildman–Crippen LogP) is 2.71. The van der Waals surface area contributed by atoms with Crippen LogP contribution in [0.15, 0.2) is 24.3 Å². The standard InChI is InChI=1S/C13H15F3O3S/c14-13(15,16)10-6-2-1-5-9(10)12(17)11-7-3-4-8-20(11,18)19/h1-2,5-6,11-12,17H,3-4,7-8H2. The van der Waals surface area contributed by atoms with Crippen LogP contribution in [0, 0.1) is 0 Å². The average Bonchev–Trinajstić information content (AvgIpc) is 2.36. The van der Waals surface area contributed by atoms with E-state index in [4.69, 9.17) is 0 Å². The first kappa shape index (κ1) is 15.3. The van der Waals surface area contributed by atoms with Crippen molar-refractivity contribution in [3.8, 4) is 0 Å². The zero-order valence-corrected chi connectivity index (χ0v) is 11.4. The molecule has 20 heavy (non-hydrogen) atoms. The van der Waals surface area contributed by atoms with Crippen molar-refractivity contribution >= 4 is 9.84 Å². The van der Waals surface area contributed by atoms with Crippen LogP contribution in [0.2, 0.25) is 0 Å². The molecule has 0 bridgehead atoms. The molecule has 2 rings (SSSR count). The summed E-state index contributed by atoms with van der Waals surface area (Å²) < 4.78 is 62.6. The molecule has 0 spiro atoms. The maximum Gasteiger partial charge on any atom is 0.416 e. The minimum Gasteiger partial charge on any atom is -0.387 e. The van der Waals surface area contributed by atoms with Crippen molar-refractivity contribution in [2.24, 2.45) is 0 Å². The summed E-state index contributed by atoms with van der Waals surface area (Å²) in [4.78, 5) is 0. The molecular formula is C13H15F3O3S. The Morgan fingerprint density at radius 1 is 1.20 bits per heavy atom. The Hall–Kier alpha value is -1.08. The third-order valence-electron chi connectivity index (χ3n) is 3.57. The fourth-order valence-corrected chi connectivity index (χ4v) is 4.52. The van der Waals surface area contributed by atoms with Gasteiger partial charge in [0, 0.05) is 0 Å². The number of aliphatic hydroxyl groups excluding tert-OH is 1. The van der Waals surface area contributed by atoms with Crippen LogP contribution in [0.5, 0.6) is 0 Å². The summed E-state index contributed by atoms with van der Waals surface area (Å²) in [6.07, 6.45) is -4.98. The van der Waals surface area contributed by atoms with E-state index in [1.165, 1.54) is 12.1 Å². The molecule has 1 N–H and O–H groups in total. The zero-order valence-electron chi connectivity index (χ0n) is 10.6. The van der Waals surface area contributed by atoms with Gasteiger partial charge in [-0.15, -0.1) is 0 Å². The number of hydrogen-bond acceptors (Lipinski definition) is 3. The summed E-state index contributed by atoms with van der Waals surface area (Å²) in [7, 11) is -3.55. The van der Waals surface area contributed by atoms with Gasteiger partial charge in [0.2, 0.25) is 0 Å². The number of sulfone groups is 1. The van der Waals surface area contributed by atoms with E-state index < -0.39 is 32.9 Å². The van der Waals surface area contributed by atoms with Crippen LogP contribution in [0.3, 0.4) is 0 Å². The Morgan fingerprint density at radius 2 is 1.85 bits per heavy atom. The van der Waals surface area contributed by atoms with E-state index in [2.05, 4.69) is 0 Å². The van der Waals surface area contributed by atoms with E-state index in [1.54, 1.807) is 0 Å². The summed E-state index contributed by atoms with van der Waals surface area (Å²) in [5.74, 6) is -0.0804. The second-order valence-corrected chi connectivity index (χ2v) is 7.27. The number of alkyl halides is 3. The molecule has 1 aromatic carbocycles. The highest BCUT2D eigenvalue weighted by Gasteiger charge is 2.40. The molecule has 0 aliphatic carbocycles. The normalized spacial score (nSPS) is 24.3. The molecule has 2 atom stereocenters. The molecule has 0 amide bonds. The van der Waals surface area contributed by atoms with E-state index in [-0.39, 0.29) is 17.7 Å². The molecule has 1 heterocycles. The summed E-state index contributed by atoms with van der Waals surface area (Å²) >= 11 is 0. The Labute approximate surface area is 115 Å². The molecule has 1 aliphatic heterocycles. The lowest BCUT2D eigenvalue weighted by molar-refractivity contribution is -0.139. The lowest BCUT2D eigenvalue weighted by Gasteiger charge is -2.28. The fraction of sp³-hybridized carbons (Fsp3) is 0.538. The van der Waals surface area contributed by atoms with Gasteiger partial charge in [0.15, 0.2) is 9.84 Å². The molecule has 1 saturated heterocycles. The van der Waals surface area contributed by atoms with Crippen molar-refractivity contribution in [3.63, 3.8) is 0 Å². The van der Waals surface area contributed by atoms with E-state index in [1.807, 2.05) is 0 Å². The van der Waals surface area contributed by atoms with Crippen LogP contribution >= 0.6 is 0 Å². The highest BCUT2D eigenvalue weighted by atomic mass is 32.2. The van der Waals surface area contributed by atoms with Crippen molar-refractivity contribution in [3.05, 3.63) is 35.4 Å². The Morgan fingerprint density at radius 3 is 2.45 bits per heavy atom. The van der Waals surface area contributed by atoms with E-state index in [9.17, 15) is 26.7 Å². The summed E-state index contributed by atoms with van der Waals surface area (Å²) in [5.41, 5.74) is -1.34. The van der Waals surface area contributed by atoms with Crippen LogP contribution in [-0.4, -0.2) is 24.5 Å². The number of benzene rings is 1. The second-order valence-electron chi connectivity index (χ2n) is 4.93. The molecule has 0 aromatic heterocycles. The van der Waals surface area contributed by atoms with Gasteiger partial charge in [-0.1, -0.05) is 24.6 Å². The SMILES string of the molecule is O=S1(=O)CCCCC1C(O)c1ccccc1C(F)(F)F. The van der Waals surface area contributed by atoms with Crippen LogP contribution in [0.4, 0.5) is 13.2 Å². The van der Waals surface area contributed by atoms with Crippen molar-refractivity contribution < 1.29 is 26.7 Å². The molecule has 1 aliphatic rings. The molecule has 7 heteroatoms. The first-order valence-electron chi connectivity index (χ1n) is 6.29. The van der Waals surface area contributed by atoms with Crippen molar-refractivity contribution in [2.75, 3.05) is 5.75 Å². The van der Waals surface area contributed by atoms with Crippen LogP contribution in [0.1, 0.15) is 36.5 Å². The minimum atomic E-state index is -4.62. The van der Waals surface area contributed by atoms with Crippen molar-refractivity contribution in [1.29, 1.82) is 0 Å². The zero-order chi connectivity index (χ0) is 15.0. The van der Waals surface area contributed by atoms with Gasteiger partial charge in [-0.25, -0.2) is 8.42 Å². The monoisotopic (exact) mass is 308 g/mol. The van der Waals surface area contributed by atoms with Gasteiger partial charge in [-0.05, 0) is 24.5 Å². The maximum absolute atomic E-state index is 12.9. The van der Waals surface area contributed by atoms with E-state index in [0.29, 0.717) is 12.8 Å². The molecule has 112 valence electrons. The number of halogens is 3. The lowest BCUT2D eigenvalue weighted by Crippen LogP contribution is -2.34. The van der Waals surface area contributed by atoms with Gasteiger partial charge in [-0.2, -0.15) is 13.2 Å². The van der Waals surface area contributed by atoms with E-state index in [0.717, 1.165) is 12.1 Å². The largest absolute Gasteiger partial charge is 0.416 e. The molecule has 0 saturated carbocycles.